The lowest BCUT2D eigenvalue weighted by Crippen LogP contribution is -2.08. The Bertz CT molecular complexity index is 596. The topological polar surface area (TPSA) is 39.2 Å². The van der Waals surface area contributed by atoms with Crippen LogP contribution >= 0.6 is 0 Å². The molecule has 2 aromatic rings. The molecule has 0 unspecified atom stereocenters. The van der Waals surface area contributed by atoms with Gasteiger partial charge >= 0.3 is 6.18 Å². The third kappa shape index (κ3) is 3.09. The molecule has 6 heteroatoms. The average Bonchev–Trinajstić information content (AvgIpc) is 2.39. The molecule has 0 radical (unpaired) electrons. The summed E-state index contributed by atoms with van der Waals surface area (Å²) in [6.07, 6.45) is -3.98. The average molecular weight is 267 g/mol. The summed E-state index contributed by atoms with van der Waals surface area (Å²) in [6.45, 7) is 0. The van der Waals surface area contributed by atoms with E-state index in [0.717, 1.165) is 6.07 Å². The second kappa shape index (κ2) is 5.09. The lowest BCUT2D eigenvalue weighted by Gasteiger charge is -2.09. The predicted molar refractivity (Wildman–Crippen MR) is 61.1 cm³/mol. The van der Waals surface area contributed by atoms with E-state index in [0.29, 0.717) is 6.29 Å². The van der Waals surface area contributed by atoms with Gasteiger partial charge < -0.3 is 4.74 Å². The van der Waals surface area contributed by atoms with Gasteiger partial charge in [0.1, 0.15) is 11.4 Å². The van der Waals surface area contributed by atoms with Crippen molar-refractivity contribution in [1.82, 2.24) is 4.98 Å². The number of alkyl halides is 3. The van der Waals surface area contributed by atoms with Gasteiger partial charge in [-0.05, 0) is 18.2 Å². The molecule has 1 aromatic heterocycles. The van der Waals surface area contributed by atoms with E-state index < -0.39 is 11.9 Å². The van der Waals surface area contributed by atoms with Gasteiger partial charge in [-0.25, -0.2) is 4.98 Å². The third-order valence-corrected chi connectivity index (χ3v) is 2.27. The molecule has 0 saturated carbocycles. The van der Waals surface area contributed by atoms with Crippen molar-refractivity contribution < 1.29 is 22.7 Å². The molecule has 1 aromatic carbocycles. The third-order valence-electron chi connectivity index (χ3n) is 2.27. The molecule has 0 amide bonds. The number of hydrogen-bond acceptors (Lipinski definition) is 3. The Morgan fingerprint density at radius 1 is 1.05 bits per heavy atom. The number of nitrogens with zero attached hydrogens (tertiary/aromatic N) is 1. The zero-order chi connectivity index (χ0) is 13.9. The monoisotopic (exact) mass is 267 g/mol. The number of aromatic nitrogens is 1. The van der Waals surface area contributed by atoms with E-state index in [1.165, 1.54) is 24.3 Å². The summed E-state index contributed by atoms with van der Waals surface area (Å²) in [5.74, 6) is -0.0616. The van der Waals surface area contributed by atoms with Crippen molar-refractivity contribution in [3.05, 3.63) is 53.7 Å². The van der Waals surface area contributed by atoms with Crippen LogP contribution in [0.4, 0.5) is 13.2 Å². The summed E-state index contributed by atoms with van der Waals surface area (Å²) in [7, 11) is 0. The first-order valence-electron chi connectivity index (χ1n) is 5.27. The molecule has 0 bridgehead atoms. The SMILES string of the molecule is O=Cc1ccccc1Oc1cccc(C(F)(F)F)n1. The Balaban J connectivity index is 2.31. The highest BCUT2D eigenvalue weighted by Gasteiger charge is 2.32. The van der Waals surface area contributed by atoms with E-state index in [2.05, 4.69) is 4.98 Å². The fraction of sp³-hybridized carbons (Fsp3) is 0.0769. The van der Waals surface area contributed by atoms with Crippen LogP contribution in [-0.4, -0.2) is 11.3 Å². The van der Waals surface area contributed by atoms with Crippen molar-refractivity contribution >= 4 is 6.29 Å². The summed E-state index contributed by atoms with van der Waals surface area (Å²) in [5.41, 5.74) is -0.810. The Morgan fingerprint density at radius 2 is 1.79 bits per heavy atom. The molecule has 0 aliphatic rings. The van der Waals surface area contributed by atoms with Crippen LogP contribution in [0.1, 0.15) is 16.1 Å². The van der Waals surface area contributed by atoms with E-state index in [9.17, 15) is 18.0 Å². The summed E-state index contributed by atoms with van der Waals surface area (Å²) >= 11 is 0. The van der Waals surface area contributed by atoms with Crippen molar-refractivity contribution in [3.8, 4) is 11.6 Å². The molecule has 0 spiro atoms. The smallest absolute Gasteiger partial charge is 0.433 e. The quantitative estimate of drug-likeness (QED) is 0.796. The number of hydrogen-bond donors (Lipinski definition) is 0. The minimum atomic E-state index is -4.54. The Hall–Kier alpha value is -2.37. The first-order valence-corrected chi connectivity index (χ1v) is 5.27. The number of pyridine rings is 1. The van der Waals surface area contributed by atoms with Gasteiger partial charge in [0.15, 0.2) is 6.29 Å². The number of para-hydroxylation sites is 1. The molecule has 0 atom stereocenters. The van der Waals surface area contributed by atoms with Crippen LogP contribution in [0, 0.1) is 0 Å². The lowest BCUT2D eigenvalue weighted by atomic mass is 10.2. The molecule has 3 nitrogen and oxygen atoms in total. The van der Waals surface area contributed by atoms with E-state index in [1.54, 1.807) is 12.1 Å². The highest BCUT2D eigenvalue weighted by atomic mass is 19.4. The largest absolute Gasteiger partial charge is 0.438 e. The lowest BCUT2D eigenvalue weighted by molar-refractivity contribution is -0.141. The van der Waals surface area contributed by atoms with Crippen molar-refractivity contribution in [2.45, 2.75) is 6.18 Å². The molecular weight excluding hydrogens is 259 g/mol. The Kier molecular flexibility index (Phi) is 3.50. The summed E-state index contributed by atoms with van der Waals surface area (Å²) in [6, 6.07) is 9.53. The van der Waals surface area contributed by atoms with E-state index >= 15 is 0 Å². The van der Waals surface area contributed by atoms with Gasteiger partial charge in [-0.1, -0.05) is 18.2 Å². The van der Waals surface area contributed by atoms with Crippen LogP contribution in [0.2, 0.25) is 0 Å². The summed E-state index contributed by atoms with van der Waals surface area (Å²) in [4.78, 5) is 14.1. The summed E-state index contributed by atoms with van der Waals surface area (Å²) in [5, 5.41) is 0. The molecule has 0 aliphatic carbocycles. The second-order valence-electron chi connectivity index (χ2n) is 3.62. The maximum absolute atomic E-state index is 12.5. The van der Waals surface area contributed by atoms with Gasteiger partial charge in [-0.15, -0.1) is 0 Å². The zero-order valence-electron chi connectivity index (χ0n) is 9.52. The van der Waals surface area contributed by atoms with Crippen LogP contribution in [0.3, 0.4) is 0 Å². The van der Waals surface area contributed by atoms with Crippen molar-refractivity contribution in [1.29, 1.82) is 0 Å². The normalized spacial score (nSPS) is 11.1. The van der Waals surface area contributed by atoms with Crippen molar-refractivity contribution in [2.75, 3.05) is 0 Å². The number of carbonyl (C=O) groups excluding carboxylic acids is 1. The maximum Gasteiger partial charge on any atom is 0.433 e. The van der Waals surface area contributed by atoms with Crippen LogP contribution in [-0.2, 0) is 6.18 Å². The molecule has 19 heavy (non-hydrogen) atoms. The number of benzene rings is 1. The number of rotatable bonds is 3. The van der Waals surface area contributed by atoms with E-state index in [1.807, 2.05) is 0 Å². The maximum atomic E-state index is 12.5. The second-order valence-corrected chi connectivity index (χ2v) is 3.62. The Morgan fingerprint density at radius 3 is 2.47 bits per heavy atom. The standard InChI is InChI=1S/C13H8F3NO2/c14-13(15,16)11-6-3-7-12(17-11)19-10-5-2-1-4-9(10)8-18/h1-8H. The predicted octanol–water partition coefficient (Wildman–Crippen LogP) is 3.71. The Labute approximate surface area is 106 Å². The summed E-state index contributed by atoms with van der Waals surface area (Å²) < 4.78 is 42.6. The minimum Gasteiger partial charge on any atom is -0.438 e. The molecule has 0 saturated heterocycles. The van der Waals surface area contributed by atoms with Crippen LogP contribution in [0.25, 0.3) is 0 Å². The van der Waals surface area contributed by atoms with Crippen LogP contribution in [0.15, 0.2) is 42.5 Å². The van der Waals surface area contributed by atoms with Crippen LogP contribution < -0.4 is 4.74 Å². The van der Waals surface area contributed by atoms with Gasteiger partial charge in [0.25, 0.3) is 0 Å². The van der Waals surface area contributed by atoms with Crippen LogP contribution in [0.5, 0.6) is 11.6 Å². The molecule has 0 fully saturated rings. The van der Waals surface area contributed by atoms with Gasteiger partial charge in [-0.2, -0.15) is 13.2 Å². The highest BCUT2D eigenvalue weighted by Crippen LogP contribution is 2.30. The fourth-order valence-electron chi connectivity index (χ4n) is 1.41. The van der Waals surface area contributed by atoms with Gasteiger partial charge in [0.05, 0.1) is 5.56 Å². The fourth-order valence-corrected chi connectivity index (χ4v) is 1.41. The highest BCUT2D eigenvalue weighted by molar-refractivity contribution is 5.79. The molecule has 0 N–H and O–H groups in total. The minimum absolute atomic E-state index is 0.157. The van der Waals surface area contributed by atoms with E-state index in [-0.39, 0.29) is 17.2 Å². The number of halogens is 3. The van der Waals surface area contributed by atoms with Gasteiger partial charge in [-0.3, -0.25) is 4.79 Å². The van der Waals surface area contributed by atoms with Gasteiger partial charge in [0.2, 0.25) is 5.88 Å². The molecule has 98 valence electrons. The number of ether oxygens (including phenoxy) is 1. The van der Waals surface area contributed by atoms with E-state index in [4.69, 9.17) is 4.74 Å². The molecule has 2 rings (SSSR count). The van der Waals surface area contributed by atoms with Crippen molar-refractivity contribution in [2.24, 2.45) is 0 Å². The molecule has 1 heterocycles. The first kappa shape index (κ1) is 13.1. The molecule has 0 aliphatic heterocycles. The number of aldehydes is 1. The first-order chi connectivity index (χ1) is 9.00. The van der Waals surface area contributed by atoms with Gasteiger partial charge in [0, 0.05) is 6.07 Å². The number of carbonyl (C=O) groups is 1. The molecular formula is C13H8F3NO2. The van der Waals surface area contributed by atoms with Crippen molar-refractivity contribution in [3.63, 3.8) is 0 Å². The zero-order valence-corrected chi connectivity index (χ0v) is 9.52.